The summed E-state index contributed by atoms with van der Waals surface area (Å²) in [5.41, 5.74) is 3.10. The van der Waals surface area contributed by atoms with Crippen molar-refractivity contribution >= 4 is 28.7 Å². The minimum Gasteiger partial charge on any atom is -0.345 e. The number of aromatic nitrogens is 5. The average molecular weight is 370 g/mol. The first-order chi connectivity index (χ1) is 12.6. The second-order valence-corrected chi connectivity index (χ2v) is 7.63. The van der Waals surface area contributed by atoms with E-state index in [1.165, 1.54) is 17.3 Å². The molecule has 26 heavy (non-hydrogen) atoms. The van der Waals surface area contributed by atoms with Crippen LogP contribution in [0.4, 0.5) is 0 Å². The maximum atomic E-state index is 12.5. The molecule has 2 N–H and O–H groups in total. The molecule has 0 spiro atoms. The molecule has 2 aromatic heterocycles. The van der Waals surface area contributed by atoms with E-state index < -0.39 is 0 Å². The van der Waals surface area contributed by atoms with Crippen LogP contribution in [0.3, 0.4) is 0 Å². The quantitative estimate of drug-likeness (QED) is 0.624. The van der Waals surface area contributed by atoms with E-state index in [9.17, 15) is 4.79 Å². The number of amides is 1. The van der Waals surface area contributed by atoms with Gasteiger partial charge in [-0.15, -0.1) is 0 Å². The Morgan fingerprint density at radius 2 is 2.31 bits per heavy atom. The summed E-state index contributed by atoms with van der Waals surface area (Å²) in [7, 11) is 0. The normalized spacial score (nSPS) is 15.3. The zero-order chi connectivity index (χ0) is 18.1. The molecule has 1 fully saturated rings. The van der Waals surface area contributed by atoms with E-state index in [-0.39, 0.29) is 11.9 Å². The number of thioether (sulfide) groups is 1. The lowest BCUT2D eigenvalue weighted by Gasteiger charge is -2.17. The Morgan fingerprint density at radius 3 is 3.08 bits per heavy atom. The zero-order valence-corrected chi connectivity index (χ0v) is 15.7. The van der Waals surface area contributed by atoms with Crippen molar-refractivity contribution in [3.8, 4) is 0 Å². The SMILES string of the molecule is CCn1ncnc1C(NC(=O)CSc1nc2ccc(C)cc2[nH]1)C1CC1. The Balaban J connectivity index is 1.40. The lowest BCUT2D eigenvalue weighted by atomic mass is 10.1. The summed E-state index contributed by atoms with van der Waals surface area (Å²) in [6.07, 6.45) is 3.81. The van der Waals surface area contributed by atoms with Gasteiger partial charge in [-0.25, -0.2) is 14.6 Å². The molecular weight excluding hydrogens is 348 g/mol. The summed E-state index contributed by atoms with van der Waals surface area (Å²) in [5, 5.41) is 8.14. The Bertz CT molecular complexity index is 929. The monoisotopic (exact) mass is 370 g/mol. The van der Waals surface area contributed by atoms with E-state index in [1.807, 2.05) is 30.7 Å². The van der Waals surface area contributed by atoms with Crippen LogP contribution in [-0.4, -0.2) is 36.4 Å². The molecule has 0 saturated heterocycles. The molecule has 1 atom stereocenters. The molecule has 1 aliphatic carbocycles. The Kier molecular flexibility index (Phi) is 4.67. The van der Waals surface area contributed by atoms with E-state index in [1.54, 1.807) is 6.33 Å². The number of hydrogen-bond donors (Lipinski definition) is 2. The highest BCUT2D eigenvalue weighted by molar-refractivity contribution is 7.99. The fourth-order valence-electron chi connectivity index (χ4n) is 3.10. The molecule has 1 amide bonds. The van der Waals surface area contributed by atoms with Gasteiger partial charge in [0, 0.05) is 6.54 Å². The maximum absolute atomic E-state index is 12.5. The van der Waals surface area contributed by atoms with E-state index in [0.717, 1.165) is 41.4 Å². The van der Waals surface area contributed by atoms with E-state index in [0.29, 0.717) is 11.7 Å². The maximum Gasteiger partial charge on any atom is 0.231 e. The third-order valence-electron chi connectivity index (χ3n) is 4.59. The van der Waals surface area contributed by atoms with Gasteiger partial charge in [0.05, 0.1) is 22.8 Å². The van der Waals surface area contributed by atoms with Crippen LogP contribution in [0.15, 0.2) is 29.7 Å². The highest BCUT2D eigenvalue weighted by atomic mass is 32.2. The first-order valence-electron chi connectivity index (χ1n) is 8.90. The fourth-order valence-corrected chi connectivity index (χ4v) is 3.79. The molecule has 2 heterocycles. The van der Waals surface area contributed by atoms with Gasteiger partial charge in [-0.2, -0.15) is 5.10 Å². The predicted molar refractivity (Wildman–Crippen MR) is 101 cm³/mol. The van der Waals surface area contributed by atoms with Crippen molar-refractivity contribution in [2.45, 2.75) is 44.4 Å². The lowest BCUT2D eigenvalue weighted by molar-refractivity contribution is -0.119. The molecule has 1 saturated carbocycles. The summed E-state index contributed by atoms with van der Waals surface area (Å²) in [4.78, 5) is 24.7. The molecule has 0 bridgehead atoms. The van der Waals surface area contributed by atoms with Crippen LogP contribution in [0.1, 0.15) is 37.2 Å². The van der Waals surface area contributed by atoms with E-state index in [4.69, 9.17) is 0 Å². The number of carbonyl (C=O) groups excluding carboxylic acids is 1. The number of rotatable bonds is 7. The third-order valence-corrected chi connectivity index (χ3v) is 5.46. The highest BCUT2D eigenvalue weighted by Crippen LogP contribution is 2.40. The Labute approximate surface area is 156 Å². The molecule has 0 radical (unpaired) electrons. The molecule has 3 aromatic rings. The average Bonchev–Trinajstić information content (AvgIpc) is 3.22. The van der Waals surface area contributed by atoms with Crippen molar-refractivity contribution in [3.63, 3.8) is 0 Å². The second kappa shape index (κ2) is 7.11. The first-order valence-corrected chi connectivity index (χ1v) is 9.89. The second-order valence-electron chi connectivity index (χ2n) is 6.67. The molecule has 4 rings (SSSR count). The van der Waals surface area contributed by atoms with Crippen LogP contribution >= 0.6 is 11.8 Å². The van der Waals surface area contributed by atoms with Crippen molar-refractivity contribution in [2.75, 3.05) is 5.75 Å². The summed E-state index contributed by atoms with van der Waals surface area (Å²) in [5.74, 6) is 1.64. The number of H-pyrrole nitrogens is 1. The van der Waals surface area contributed by atoms with Gasteiger partial charge >= 0.3 is 0 Å². The van der Waals surface area contributed by atoms with Crippen LogP contribution in [0.2, 0.25) is 0 Å². The molecule has 1 unspecified atom stereocenters. The largest absolute Gasteiger partial charge is 0.345 e. The molecule has 8 heteroatoms. The molecule has 1 aromatic carbocycles. The van der Waals surface area contributed by atoms with Crippen LogP contribution in [-0.2, 0) is 11.3 Å². The van der Waals surface area contributed by atoms with Gasteiger partial charge in [0.15, 0.2) is 5.16 Å². The lowest BCUT2D eigenvalue weighted by Crippen LogP contribution is -2.33. The number of aromatic amines is 1. The molecule has 1 aliphatic rings. The van der Waals surface area contributed by atoms with Crippen molar-refractivity contribution in [1.29, 1.82) is 0 Å². The van der Waals surface area contributed by atoms with Crippen LogP contribution in [0.25, 0.3) is 11.0 Å². The molecule has 0 aliphatic heterocycles. The number of carbonyl (C=O) groups is 1. The molecule has 136 valence electrons. The first kappa shape index (κ1) is 17.1. The van der Waals surface area contributed by atoms with Gasteiger partial charge in [-0.3, -0.25) is 4.79 Å². The van der Waals surface area contributed by atoms with Gasteiger partial charge in [0.1, 0.15) is 12.2 Å². The van der Waals surface area contributed by atoms with Gasteiger partial charge in [0.25, 0.3) is 0 Å². The fraction of sp³-hybridized carbons (Fsp3) is 0.444. The number of imidazole rings is 1. The smallest absolute Gasteiger partial charge is 0.231 e. The van der Waals surface area contributed by atoms with Crippen molar-refractivity contribution in [2.24, 2.45) is 5.92 Å². The highest BCUT2D eigenvalue weighted by Gasteiger charge is 2.36. The van der Waals surface area contributed by atoms with Gasteiger partial charge in [0.2, 0.25) is 5.91 Å². The number of nitrogens with one attached hydrogen (secondary N) is 2. The molecule has 7 nitrogen and oxygen atoms in total. The van der Waals surface area contributed by atoms with E-state index in [2.05, 4.69) is 31.4 Å². The van der Waals surface area contributed by atoms with Crippen molar-refractivity contribution in [3.05, 3.63) is 35.9 Å². The molecular formula is C18H22N6OS. The number of benzene rings is 1. The van der Waals surface area contributed by atoms with Crippen molar-refractivity contribution in [1.82, 2.24) is 30.0 Å². The summed E-state index contributed by atoms with van der Waals surface area (Å²) >= 11 is 1.42. The van der Waals surface area contributed by atoms with Crippen LogP contribution in [0, 0.1) is 12.8 Å². The van der Waals surface area contributed by atoms with E-state index >= 15 is 0 Å². The Hall–Kier alpha value is -2.35. The number of aryl methyl sites for hydroxylation is 2. The van der Waals surface area contributed by atoms with Gasteiger partial charge in [-0.1, -0.05) is 17.8 Å². The topological polar surface area (TPSA) is 88.5 Å². The number of fused-ring (bicyclic) bond motifs is 1. The Morgan fingerprint density at radius 1 is 1.46 bits per heavy atom. The van der Waals surface area contributed by atoms with Crippen molar-refractivity contribution < 1.29 is 4.79 Å². The standard InChI is InChI=1S/C18H22N6OS/c1-3-24-17(19-10-20-24)16(12-5-6-12)23-15(25)9-26-18-21-13-7-4-11(2)8-14(13)22-18/h4,7-8,10,12,16H,3,5-6,9H2,1-2H3,(H,21,22)(H,23,25). The zero-order valence-electron chi connectivity index (χ0n) is 14.9. The minimum atomic E-state index is -0.0520. The summed E-state index contributed by atoms with van der Waals surface area (Å²) < 4.78 is 1.86. The third kappa shape index (κ3) is 3.60. The number of nitrogens with zero attached hydrogens (tertiary/aromatic N) is 4. The number of hydrogen-bond acceptors (Lipinski definition) is 5. The van der Waals surface area contributed by atoms with Gasteiger partial charge in [-0.05, 0) is 50.3 Å². The van der Waals surface area contributed by atoms with Gasteiger partial charge < -0.3 is 10.3 Å². The predicted octanol–water partition coefficient (Wildman–Crippen LogP) is 2.84. The van der Waals surface area contributed by atoms with Crippen LogP contribution < -0.4 is 5.32 Å². The van der Waals surface area contributed by atoms with Crippen LogP contribution in [0.5, 0.6) is 0 Å². The summed E-state index contributed by atoms with van der Waals surface area (Å²) in [6, 6.07) is 6.04. The summed E-state index contributed by atoms with van der Waals surface area (Å²) in [6.45, 7) is 4.83. The minimum absolute atomic E-state index is 0.00538.